The van der Waals surface area contributed by atoms with Gasteiger partial charge in [0.25, 0.3) is 11.1 Å². The molecule has 4 heterocycles. The highest BCUT2D eigenvalue weighted by molar-refractivity contribution is 5.79. The maximum absolute atomic E-state index is 12.4. The quantitative estimate of drug-likeness (QED) is 0.144. The van der Waals surface area contributed by atoms with Crippen molar-refractivity contribution in [2.75, 3.05) is 65.4 Å². The van der Waals surface area contributed by atoms with E-state index in [-0.39, 0.29) is 73.0 Å². The van der Waals surface area contributed by atoms with Crippen LogP contribution in [0.3, 0.4) is 0 Å². The van der Waals surface area contributed by atoms with Crippen molar-refractivity contribution in [3.05, 3.63) is 62.9 Å². The molecule has 4 rings (SSSR count). The summed E-state index contributed by atoms with van der Waals surface area (Å²) in [5, 5.41) is 9.41. The molecule has 0 radical (unpaired) electrons. The Morgan fingerprint density at radius 2 is 1.18 bits per heavy atom. The normalized spacial score (nSPS) is 15.9. The number of hydrogen-bond donors (Lipinski definition) is 5. The van der Waals surface area contributed by atoms with Crippen molar-refractivity contribution in [1.82, 2.24) is 28.7 Å². The zero-order valence-corrected chi connectivity index (χ0v) is 29.5. The minimum atomic E-state index is -0.596. The fourth-order valence-electron chi connectivity index (χ4n) is 5.73. The number of rotatable bonds is 13. The van der Waals surface area contributed by atoms with E-state index in [0.29, 0.717) is 84.7 Å². The predicted molar refractivity (Wildman–Crippen MR) is 191 cm³/mol. The second-order valence-electron chi connectivity index (χ2n) is 12.7. The third-order valence-corrected chi connectivity index (χ3v) is 9.09. The number of nitrogens with zero attached hydrogens (tertiary/aromatic N) is 6. The molecule has 0 bridgehead atoms. The van der Waals surface area contributed by atoms with Crippen LogP contribution < -0.4 is 34.1 Å². The summed E-state index contributed by atoms with van der Waals surface area (Å²) in [6.45, 7) is 6.58. The lowest BCUT2D eigenvalue weighted by Crippen LogP contribution is -2.51. The molecule has 0 aliphatic carbocycles. The molecule has 2 fully saturated rings. The monoisotopic (exact) mass is 714 g/mol. The van der Waals surface area contributed by atoms with E-state index in [4.69, 9.17) is 22.9 Å². The Hall–Kier alpha value is -4.58. The first-order valence-corrected chi connectivity index (χ1v) is 17.5. The molecule has 2 aromatic rings. The van der Waals surface area contributed by atoms with Crippen molar-refractivity contribution in [1.29, 1.82) is 0 Å². The van der Waals surface area contributed by atoms with Crippen molar-refractivity contribution >= 4 is 23.6 Å². The van der Waals surface area contributed by atoms with Gasteiger partial charge in [0.15, 0.2) is 5.75 Å². The number of aromatic nitrogens is 2. The van der Waals surface area contributed by atoms with Gasteiger partial charge in [-0.3, -0.25) is 28.8 Å². The maximum Gasteiger partial charge on any atom is 0.293 e. The Bertz CT molecular complexity index is 1580. The molecular formula is C34H54N10O7. The minimum absolute atomic E-state index is 0.00422. The number of pyridine rings is 2. The first-order valence-electron chi connectivity index (χ1n) is 17.5. The van der Waals surface area contributed by atoms with Gasteiger partial charge in [0, 0.05) is 121 Å². The summed E-state index contributed by atoms with van der Waals surface area (Å²) < 4.78 is 2.76. The highest BCUT2D eigenvalue weighted by atomic mass is 16.3. The molecule has 0 aromatic carbocycles. The lowest BCUT2D eigenvalue weighted by Gasteiger charge is -2.35. The zero-order valence-electron chi connectivity index (χ0n) is 29.5. The molecule has 4 amide bonds. The van der Waals surface area contributed by atoms with Gasteiger partial charge in [0.05, 0.1) is 0 Å². The van der Waals surface area contributed by atoms with Crippen molar-refractivity contribution in [3.8, 4) is 5.75 Å². The lowest BCUT2D eigenvalue weighted by atomic mass is 10.1. The number of aryl methyl sites for hydroxylation is 2. The Labute approximate surface area is 297 Å². The summed E-state index contributed by atoms with van der Waals surface area (Å²) in [6.07, 6.45) is 5.27. The summed E-state index contributed by atoms with van der Waals surface area (Å²) in [6, 6.07) is 5.94. The number of nitrogens with two attached hydrogens (primary N) is 4. The fraction of sp³-hybridized carbons (Fsp3) is 0.588. The Balaban J connectivity index is 0.000000276. The molecule has 2 saturated heterocycles. The van der Waals surface area contributed by atoms with Gasteiger partial charge in [0.1, 0.15) is 6.54 Å². The summed E-state index contributed by atoms with van der Waals surface area (Å²) in [7, 11) is 0. The van der Waals surface area contributed by atoms with Gasteiger partial charge in [-0.05, 0) is 31.0 Å². The van der Waals surface area contributed by atoms with Crippen LogP contribution in [0.2, 0.25) is 0 Å². The highest BCUT2D eigenvalue weighted by Crippen LogP contribution is 2.09. The van der Waals surface area contributed by atoms with Gasteiger partial charge in [-0.15, -0.1) is 0 Å². The average Bonchev–Trinajstić information content (AvgIpc) is 3.15. The Morgan fingerprint density at radius 3 is 1.73 bits per heavy atom. The van der Waals surface area contributed by atoms with Crippen molar-refractivity contribution in [2.45, 2.75) is 64.2 Å². The van der Waals surface area contributed by atoms with Crippen molar-refractivity contribution < 1.29 is 24.3 Å². The smallest absolute Gasteiger partial charge is 0.293 e. The molecule has 0 saturated carbocycles. The minimum Gasteiger partial charge on any atom is -0.503 e. The van der Waals surface area contributed by atoms with Crippen LogP contribution >= 0.6 is 0 Å². The van der Waals surface area contributed by atoms with Gasteiger partial charge >= 0.3 is 0 Å². The second-order valence-corrected chi connectivity index (χ2v) is 12.7. The van der Waals surface area contributed by atoms with E-state index in [1.165, 1.54) is 22.9 Å². The average molecular weight is 715 g/mol. The summed E-state index contributed by atoms with van der Waals surface area (Å²) in [5.74, 6) is -0.603. The van der Waals surface area contributed by atoms with Crippen LogP contribution in [-0.4, -0.2) is 135 Å². The van der Waals surface area contributed by atoms with Gasteiger partial charge in [0.2, 0.25) is 23.6 Å². The van der Waals surface area contributed by atoms with Crippen LogP contribution in [-0.2, 0) is 38.7 Å². The first kappa shape index (κ1) is 40.8. The number of carbonyl (C=O) groups is 4. The van der Waals surface area contributed by atoms with E-state index >= 15 is 0 Å². The van der Waals surface area contributed by atoms with E-state index in [0.717, 1.165) is 5.56 Å². The van der Waals surface area contributed by atoms with Gasteiger partial charge in [-0.2, -0.15) is 0 Å². The number of aromatic hydroxyl groups is 1. The van der Waals surface area contributed by atoms with Gasteiger partial charge in [-0.25, -0.2) is 0 Å². The lowest BCUT2D eigenvalue weighted by molar-refractivity contribution is -0.140. The second kappa shape index (κ2) is 20.3. The number of carbonyl (C=O) groups excluding carboxylic acids is 4. The molecule has 2 atom stereocenters. The third kappa shape index (κ3) is 12.3. The number of piperazine rings is 2. The zero-order chi connectivity index (χ0) is 37.5. The number of hydrogen-bond acceptors (Lipinski definition) is 11. The maximum atomic E-state index is 12.4. The SMILES string of the molecule is CCc1cccn(CCC(=O)N2CCN(C(=O)CC(N)CN)CC2)c1=O.NCC(N)CCC(=O)N1CCN(C(=O)Cn2cccc(O)c2=O)CC1. The van der Waals surface area contributed by atoms with Crippen LogP contribution in [0.4, 0.5) is 0 Å². The fourth-order valence-corrected chi connectivity index (χ4v) is 5.73. The third-order valence-electron chi connectivity index (χ3n) is 9.09. The molecule has 17 heteroatoms. The largest absolute Gasteiger partial charge is 0.503 e. The van der Waals surface area contributed by atoms with E-state index in [9.17, 15) is 33.9 Å². The van der Waals surface area contributed by atoms with E-state index in [1.807, 2.05) is 19.1 Å². The van der Waals surface area contributed by atoms with Crippen LogP contribution in [0.25, 0.3) is 0 Å². The molecule has 0 spiro atoms. The Kier molecular flexibility index (Phi) is 16.3. The van der Waals surface area contributed by atoms with Crippen LogP contribution in [0, 0.1) is 0 Å². The molecule has 51 heavy (non-hydrogen) atoms. The van der Waals surface area contributed by atoms with E-state index in [1.54, 1.807) is 30.4 Å². The first-order chi connectivity index (χ1) is 24.4. The van der Waals surface area contributed by atoms with Gasteiger partial charge in [-0.1, -0.05) is 13.0 Å². The van der Waals surface area contributed by atoms with E-state index < -0.39 is 5.56 Å². The van der Waals surface area contributed by atoms with Crippen LogP contribution in [0.1, 0.15) is 38.2 Å². The van der Waals surface area contributed by atoms with E-state index in [2.05, 4.69) is 0 Å². The van der Waals surface area contributed by atoms with Crippen LogP contribution in [0.15, 0.2) is 46.2 Å². The Morgan fingerprint density at radius 1 is 0.686 bits per heavy atom. The molecule has 2 aliphatic rings. The standard InChI is InChI=1S/C18H29N5O3.C16H25N5O4/c1-2-14-4-3-6-23(18(14)26)7-5-16(24)21-8-10-22(11-9-21)17(25)12-15(20)13-19;17-10-12(18)3-4-14(23)19-6-8-20(9-7-19)15(24)11-21-5-1-2-13(22)16(21)25/h3-4,6,15H,2,5,7-13,19-20H2,1H3;1-2,5,12,22H,3-4,6-11,17-18H2. The molecule has 9 N–H and O–H groups in total. The molecule has 2 aromatic heterocycles. The topological polar surface area (TPSA) is 250 Å². The molecule has 2 unspecified atom stereocenters. The molecule has 282 valence electrons. The summed E-state index contributed by atoms with van der Waals surface area (Å²) >= 11 is 0. The van der Waals surface area contributed by atoms with Crippen LogP contribution in [0.5, 0.6) is 5.75 Å². The van der Waals surface area contributed by atoms with Crippen molar-refractivity contribution in [3.63, 3.8) is 0 Å². The molecular weight excluding hydrogens is 660 g/mol. The number of amides is 4. The summed E-state index contributed by atoms with van der Waals surface area (Å²) in [5.41, 5.74) is 22.4. The van der Waals surface area contributed by atoms with Crippen molar-refractivity contribution in [2.24, 2.45) is 22.9 Å². The summed E-state index contributed by atoms with van der Waals surface area (Å²) in [4.78, 5) is 79.7. The van der Waals surface area contributed by atoms with Gasteiger partial charge < -0.3 is 56.8 Å². The highest BCUT2D eigenvalue weighted by Gasteiger charge is 2.26. The molecule has 17 nitrogen and oxygen atoms in total. The molecule has 2 aliphatic heterocycles. The predicted octanol–water partition coefficient (Wildman–Crippen LogP) is -2.56.